The number of amides is 1. The van der Waals surface area contributed by atoms with Crippen molar-refractivity contribution in [1.82, 2.24) is 9.80 Å². The molecule has 2 aliphatic heterocycles. The molecule has 0 aliphatic carbocycles. The summed E-state index contributed by atoms with van der Waals surface area (Å²) in [6, 6.07) is 2.41. The largest absolute Gasteiger partial charge is 0.497 e. The number of carbonyl (C=O) groups excluding carboxylic acids is 1. The van der Waals surface area contributed by atoms with Crippen molar-refractivity contribution >= 4 is 5.91 Å². The molecule has 0 saturated carbocycles. The van der Waals surface area contributed by atoms with Gasteiger partial charge in [-0.3, -0.25) is 9.69 Å². The first kappa shape index (κ1) is 15.2. The number of benzene rings is 1. The number of hydrogen-bond donors (Lipinski definition) is 0. The highest BCUT2D eigenvalue weighted by molar-refractivity contribution is 5.95. The summed E-state index contributed by atoms with van der Waals surface area (Å²) in [5.41, 5.74) is -0.488. The first-order valence-electron chi connectivity index (χ1n) is 7.66. The van der Waals surface area contributed by atoms with Gasteiger partial charge in [-0.15, -0.1) is 0 Å². The number of ether oxygens (including phenoxy) is 1. The zero-order chi connectivity index (χ0) is 15.7. The number of methoxy groups -OCH3 is 1. The van der Waals surface area contributed by atoms with E-state index in [2.05, 4.69) is 4.90 Å². The molecule has 120 valence electrons. The van der Waals surface area contributed by atoms with Crippen molar-refractivity contribution in [1.29, 1.82) is 0 Å². The van der Waals surface area contributed by atoms with E-state index in [0.29, 0.717) is 19.1 Å². The topological polar surface area (TPSA) is 32.8 Å². The molecule has 0 unspecified atom stereocenters. The second-order valence-electron chi connectivity index (χ2n) is 5.93. The predicted molar refractivity (Wildman–Crippen MR) is 78.0 cm³/mol. The number of rotatable bonds is 3. The highest BCUT2D eigenvalue weighted by Gasteiger charge is 2.37. The molecule has 2 aliphatic rings. The number of likely N-dealkylation sites (tertiary alicyclic amines) is 2. The number of piperidine rings is 1. The Kier molecular flexibility index (Phi) is 4.29. The number of nitrogens with zero attached hydrogens (tertiary/aromatic N) is 2. The summed E-state index contributed by atoms with van der Waals surface area (Å²) in [4.78, 5) is 16.2. The molecular formula is C16H20F2N2O2. The number of carbonyl (C=O) groups is 1. The molecule has 0 radical (unpaired) electrons. The third kappa shape index (κ3) is 2.79. The quantitative estimate of drug-likeness (QED) is 0.859. The average molecular weight is 310 g/mol. The lowest BCUT2D eigenvalue weighted by Gasteiger charge is -2.46. The maximum absolute atomic E-state index is 13.9. The van der Waals surface area contributed by atoms with E-state index in [4.69, 9.17) is 4.74 Å². The number of halogens is 2. The third-order valence-electron chi connectivity index (χ3n) is 4.52. The first-order valence-corrected chi connectivity index (χ1v) is 7.66. The average Bonchev–Trinajstić information content (AvgIpc) is 2.46. The molecular weight excluding hydrogens is 290 g/mol. The Bertz CT molecular complexity index is 544. The molecule has 2 heterocycles. The van der Waals surface area contributed by atoms with Gasteiger partial charge < -0.3 is 9.64 Å². The normalized spacial score (nSPS) is 19.9. The van der Waals surface area contributed by atoms with Gasteiger partial charge in [-0.05, 0) is 25.9 Å². The second-order valence-corrected chi connectivity index (χ2v) is 5.93. The highest BCUT2D eigenvalue weighted by atomic mass is 19.1. The van der Waals surface area contributed by atoms with Gasteiger partial charge in [-0.2, -0.15) is 0 Å². The maximum Gasteiger partial charge on any atom is 0.259 e. The van der Waals surface area contributed by atoms with Crippen LogP contribution in [-0.2, 0) is 0 Å². The van der Waals surface area contributed by atoms with Crippen LogP contribution in [0.5, 0.6) is 5.75 Å². The van der Waals surface area contributed by atoms with Crippen molar-refractivity contribution in [2.24, 2.45) is 0 Å². The second kappa shape index (κ2) is 6.20. The fourth-order valence-electron chi connectivity index (χ4n) is 3.17. The third-order valence-corrected chi connectivity index (χ3v) is 4.52. The van der Waals surface area contributed by atoms with E-state index in [1.165, 1.54) is 31.3 Å². The van der Waals surface area contributed by atoms with Crippen LogP contribution in [0.15, 0.2) is 12.1 Å². The lowest BCUT2D eigenvalue weighted by molar-refractivity contribution is 0.0197. The van der Waals surface area contributed by atoms with Crippen LogP contribution in [0.3, 0.4) is 0 Å². The van der Waals surface area contributed by atoms with Gasteiger partial charge in [0.25, 0.3) is 5.91 Å². The zero-order valence-corrected chi connectivity index (χ0v) is 12.6. The first-order chi connectivity index (χ1) is 10.6. The summed E-state index contributed by atoms with van der Waals surface area (Å²) in [7, 11) is 1.33. The van der Waals surface area contributed by atoms with Gasteiger partial charge in [0.05, 0.1) is 7.11 Å². The fraction of sp³-hybridized carbons (Fsp3) is 0.562. The Labute approximate surface area is 128 Å². The molecule has 2 saturated heterocycles. The van der Waals surface area contributed by atoms with Crippen LogP contribution in [0.2, 0.25) is 0 Å². The Morgan fingerprint density at radius 1 is 1.14 bits per heavy atom. The van der Waals surface area contributed by atoms with Crippen molar-refractivity contribution in [2.45, 2.75) is 25.3 Å². The smallest absolute Gasteiger partial charge is 0.259 e. The van der Waals surface area contributed by atoms with Crippen molar-refractivity contribution in [3.8, 4) is 5.75 Å². The van der Waals surface area contributed by atoms with E-state index in [9.17, 15) is 13.6 Å². The summed E-state index contributed by atoms with van der Waals surface area (Å²) in [6.07, 6.45) is 3.63. The Morgan fingerprint density at radius 2 is 1.73 bits per heavy atom. The fourth-order valence-corrected chi connectivity index (χ4v) is 3.17. The monoisotopic (exact) mass is 310 g/mol. The van der Waals surface area contributed by atoms with Crippen molar-refractivity contribution in [3.63, 3.8) is 0 Å². The van der Waals surface area contributed by atoms with Gasteiger partial charge in [0, 0.05) is 31.3 Å². The Balaban J connectivity index is 1.66. The molecule has 0 atom stereocenters. The van der Waals surface area contributed by atoms with Crippen LogP contribution in [0.4, 0.5) is 8.78 Å². The van der Waals surface area contributed by atoms with Crippen LogP contribution >= 0.6 is 0 Å². The molecule has 4 nitrogen and oxygen atoms in total. The standard InChI is InChI=1S/C16H20F2N2O2/c1-22-12-7-13(17)15(14(18)8-12)16(21)20-9-11(10-20)19-5-3-2-4-6-19/h7-8,11H,2-6,9-10H2,1H3. The van der Waals surface area contributed by atoms with Crippen LogP contribution < -0.4 is 4.74 Å². The minimum atomic E-state index is -0.872. The summed E-state index contributed by atoms with van der Waals surface area (Å²) in [5.74, 6) is -2.25. The van der Waals surface area contributed by atoms with Gasteiger partial charge in [0.2, 0.25) is 0 Å². The summed E-state index contributed by atoms with van der Waals surface area (Å²) in [6.45, 7) is 3.20. The van der Waals surface area contributed by atoms with Crippen molar-refractivity contribution in [3.05, 3.63) is 29.3 Å². The number of hydrogen-bond acceptors (Lipinski definition) is 3. The minimum absolute atomic E-state index is 0.0707. The highest BCUT2D eigenvalue weighted by Crippen LogP contribution is 2.26. The van der Waals surface area contributed by atoms with Crippen molar-refractivity contribution < 1.29 is 18.3 Å². The molecule has 3 rings (SSSR count). The van der Waals surface area contributed by atoms with Crippen LogP contribution in [-0.4, -0.2) is 55.0 Å². The predicted octanol–water partition coefficient (Wildman–Crippen LogP) is 2.28. The lowest BCUT2D eigenvalue weighted by atomic mass is 10.0. The van der Waals surface area contributed by atoms with E-state index in [-0.39, 0.29) is 5.75 Å². The van der Waals surface area contributed by atoms with Crippen molar-refractivity contribution in [2.75, 3.05) is 33.3 Å². The minimum Gasteiger partial charge on any atom is -0.497 e. The SMILES string of the molecule is COc1cc(F)c(C(=O)N2CC(N3CCCCC3)C2)c(F)c1. The van der Waals surface area contributed by atoms with Crippen LogP contribution in [0.1, 0.15) is 29.6 Å². The summed E-state index contributed by atoms with van der Waals surface area (Å²) >= 11 is 0. The Morgan fingerprint density at radius 3 is 2.27 bits per heavy atom. The van der Waals surface area contributed by atoms with Gasteiger partial charge in [-0.1, -0.05) is 6.42 Å². The molecule has 0 aromatic heterocycles. The molecule has 22 heavy (non-hydrogen) atoms. The van der Waals surface area contributed by atoms with E-state index in [0.717, 1.165) is 25.2 Å². The maximum atomic E-state index is 13.9. The van der Waals surface area contributed by atoms with Gasteiger partial charge in [0.15, 0.2) is 0 Å². The lowest BCUT2D eigenvalue weighted by Crippen LogP contribution is -2.62. The molecule has 1 aromatic carbocycles. The summed E-state index contributed by atoms with van der Waals surface area (Å²) < 4.78 is 32.7. The molecule has 1 aromatic rings. The van der Waals surface area contributed by atoms with Crippen LogP contribution in [0.25, 0.3) is 0 Å². The van der Waals surface area contributed by atoms with Gasteiger partial charge in [0.1, 0.15) is 22.9 Å². The molecule has 1 amide bonds. The molecule has 2 fully saturated rings. The van der Waals surface area contributed by atoms with E-state index >= 15 is 0 Å². The molecule has 0 N–H and O–H groups in total. The van der Waals surface area contributed by atoms with Gasteiger partial charge >= 0.3 is 0 Å². The molecule has 0 bridgehead atoms. The molecule has 0 spiro atoms. The van der Waals surface area contributed by atoms with E-state index in [1.54, 1.807) is 0 Å². The van der Waals surface area contributed by atoms with Crippen LogP contribution in [0, 0.1) is 11.6 Å². The summed E-state index contributed by atoms with van der Waals surface area (Å²) in [5, 5.41) is 0. The van der Waals surface area contributed by atoms with Gasteiger partial charge in [-0.25, -0.2) is 8.78 Å². The zero-order valence-electron chi connectivity index (χ0n) is 12.6. The molecule has 6 heteroatoms. The Hall–Kier alpha value is -1.69. The van der Waals surface area contributed by atoms with E-state index in [1.807, 2.05) is 0 Å². The van der Waals surface area contributed by atoms with E-state index < -0.39 is 23.1 Å².